The molecule has 5 nitrogen and oxygen atoms in total. The van der Waals surface area contributed by atoms with E-state index >= 15 is 0 Å². The lowest BCUT2D eigenvalue weighted by Crippen LogP contribution is -2.50. The molecular weight excluding hydrogens is 320 g/mol. The summed E-state index contributed by atoms with van der Waals surface area (Å²) >= 11 is 1.19. The molecule has 0 saturated carbocycles. The van der Waals surface area contributed by atoms with Crippen LogP contribution >= 0.6 is 11.5 Å². The Morgan fingerprint density at radius 1 is 1.38 bits per heavy atom. The van der Waals surface area contributed by atoms with E-state index < -0.39 is 0 Å². The number of benzene rings is 1. The van der Waals surface area contributed by atoms with Crippen LogP contribution in [0.3, 0.4) is 0 Å². The van der Waals surface area contributed by atoms with Crippen LogP contribution in [0.2, 0.25) is 0 Å². The Balaban J connectivity index is 1.61. The Kier molecular flexibility index (Phi) is 5.26. The molecule has 24 heavy (non-hydrogen) atoms. The molecule has 0 N–H and O–H groups in total. The second kappa shape index (κ2) is 7.40. The molecule has 1 aliphatic heterocycles. The molecule has 1 saturated heterocycles. The van der Waals surface area contributed by atoms with Gasteiger partial charge in [-0.15, -0.1) is 5.10 Å². The SMILES string of the molecule is Cc1nnsc1C(=O)N(C)C1CCN(Cc2ccccc2)CC1C. The van der Waals surface area contributed by atoms with Crippen LogP contribution in [0.25, 0.3) is 0 Å². The van der Waals surface area contributed by atoms with Crippen molar-refractivity contribution < 1.29 is 4.79 Å². The summed E-state index contributed by atoms with van der Waals surface area (Å²) in [4.78, 5) is 17.7. The number of aromatic nitrogens is 2. The first-order valence-electron chi connectivity index (χ1n) is 8.38. The topological polar surface area (TPSA) is 49.3 Å². The summed E-state index contributed by atoms with van der Waals surface area (Å²) in [5, 5.41) is 3.96. The fourth-order valence-electron chi connectivity index (χ4n) is 3.52. The first kappa shape index (κ1) is 17.0. The van der Waals surface area contributed by atoms with Crippen molar-refractivity contribution in [1.82, 2.24) is 19.4 Å². The van der Waals surface area contributed by atoms with Crippen molar-refractivity contribution in [1.29, 1.82) is 0 Å². The van der Waals surface area contributed by atoms with Crippen molar-refractivity contribution in [2.24, 2.45) is 5.92 Å². The first-order valence-corrected chi connectivity index (χ1v) is 9.16. The molecule has 6 heteroatoms. The van der Waals surface area contributed by atoms with Crippen molar-refractivity contribution in [3.05, 3.63) is 46.5 Å². The number of carbonyl (C=O) groups is 1. The maximum atomic E-state index is 12.7. The third-order valence-corrected chi connectivity index (χ3v) is 5.67. The minimum absolute atomic E-state index is 0.0517. The zero-order chi connectivity index (χ0) is 17.1. The van der Waals surface area contributed by atoms with Gasteiger partial charge < -0.3 is 4.90 Å². The number of piperidine rings is 1. The molecule has 3 rings (SSSR count). The van der Waals surface area contributed by atoms with Crippen molar-refractivity contribution >= 4 is 17.4 Å². The van der Waals surface area contributed by atoms with Crippen molar-refractivity contribution in [3.63, 3.8) is 0 Å². The molecule has 2 aromatic rings. The van der Waals surface area contributed by atoms with E-state index in [4.69, 9.17) is 0 Å². The average molecular weight is 344 g/mol. The molecule has 1 aromatic heterocycles. The maximum Gasteiger partial charge on any atom is 0.267 e. The lowest BCUT2D eigenvalue weighted by atomic mass is 9.92. The number of likely N-dealkylation sites (tertiary alicyclic amines) is 1. The second-order valence-corrected chi connectivity index (χ2v) is 7.41. The van der Waals surface area contributed by atoms with Crippen LogP contribution in [-0.4, -0.2) is 51.5 Å². The fourth-order valence-corrected chi connectivity index (χ4v) is 4.16. The summed E-state index contributed by atoms with van der Waals surface area (Å²) in [5.74, 6) is 0.494. The van der Waals surface area contributed by atoms with Gasteiger partial charge in [0.05, 0.1) is 5.69 Å². The molecule has 1 fully saturated rings. The summed E-state index contributed by atoms with van der Waals surface area (Å²) in [5.41, 5.74) is 2.07. The molecule has 0 radical (unpaired) electrons. The van der Waals surface area contributed by atoms with Gasteiger partial charge in [0.2, 0.25) is 0 Å². The minimum Gasteiger partial charge on any atom is -0.338 e. The molecule has 1 amide bonds. The van der Waals surface area contributed by atoms with Gasteiger partial charge in [0, 0.05) is 32.7 Å². The molecule has 128 valence electrons. The summed E-state index contributed by atoms with van der Waals surface area (Å²) in [6.45, 7) is 7.09. The van der Waals surface area contributed by atoms with E-state index in [1.54, 1.807) is 0 Å². The summed E-state index contributed by atoms with van der Waals surface area (Å²) < 4.78 is 3.88. The summed E-state index contributed by atoms with van der Waals surface area (Å²) in [6, 6.07) is 10.8. The third-order valence-electron chi connectivity index (χ3n) is 4.86. The van der Waals surface area contributed by atoms with Crippen LogP contribution in [-0.2, 0) is 6.54 Å². The molecular formula is C18H24N4OS. The van der Waals surface area contributed by atoms with Crippen LogP contribution in [0, 0.1) is 12.8 Å². The summed E-state index contributed by atoms with van der Waals surface area (Å²) in [7, 11) is 1.91. The van der Waals surface area contributed by atoms with E-state index in [1.165, 1.54) is 17.1 Å². The van der Waals surface area contributed by atoms with Gasteiger partial charge in [-0.2, -0.15) is 0 Å². The zero-order valence-electron chi connectivity index (χ0n) is 14.5. The maximum absolute atomic E-state index is 12.7. The molecule has 1 aromatic carbocycles. The van der Waals surface area contributed by atoms with Gasteiger partial charge in [0.15, 0.2) is 0 Å². The highest BCUT2D eigenvalue weighted by atomic mass is 32.1. The van der Waals surface area contributed by atoms with Crippen molar-refractivity contribution in [2.45, 2.75) is 32.9 Å². The lowest BCUT2D eigenvalue weighted by molar-refractivity contribution is 0.0501. The van der Waals surface area contributed by atoms with Crippen LogP contribution in [0.5, 0.6) is 0 Å². The second-order valence-electron chi connectivity index (χ2n) is 6.66. The van der Waals surface area contributed by atoms with Crippen LogP contribution in [0.4, 0.5) is 0 Å². The number of rotatable bonds is 4. The molecule has 2 unspecified atom stereocenters. The van der Waals surface area contributed by atoms with Gasteiger partial charge in [-0.25, -0.2) is 0 Å². The molecule has 0 bridgehead atoms. The molecule has 2 atom stereocenters. The number of amides is 1. The predicted octanol–water partition coefficient (Wildman–Crippen LogP) is 2.83. The number of aryl methyl sites for hydroxylation is 1. The average Bonchev–Trinajstić information content (AvgIpc) is 3.01. The fraction of sp³-hybridized carbons (Fsp3) is 0.500. The standard InChI is InChI=1S/C18H24N4OS/c1-13-11-22(12-15-7-5-4-6-8-15)10-9-16(13)21(3)18(23)17-14(2)19-20-24-17/h4-8,13,16H,9-12H2,1-3H3. The van der Waals surface area contributed by atoms with Gasteiger partial charge in [-0.3, -0.25) is 9.69 Å². The van der Waals surface area contributed by atoms with Gasteiger partial charge in [-0.1, -0.05) is 41.7 Å². The number of carbonyl (C=O) groups excluding carboxylic acids is 1. The van der Waals surface area contributed by atoms with Crippen LogP contribution < -0.4 is 0 Å². The van der Waals surface area contributed by atoms with Gasteiger partial charge >= 0.3 is 0 Å². The van der Waals surface area contributed by atoms with E-state index in [1.807, 2.05) is 18.9 Å². The van der Waals surface area contributed by atoms with Crippen LogP contribution in [0.15, 0.2) is 30.3 Å². The van der Waals surface area contributed by atoms with Gasteiger partial charge in [0.25, 0.3) is 5.91 Å². The lowest BCUT2D eigenvalue weighted by Gasteiger charge is -2.41. The van der Waals surface area contributed by atoms with E-state index in [2.05, 4.69) is 51.7 Å². The van der Waals surface area contributed by atoms with Crippen molar-refractivity contribution in [3.8, 4) is 0 Å². The number of hydrogen-bond donors (Lipinski definition) is 0. The van der Waals surface area contributed by atoms with Gasteiger partial charge in [0.1, 0.15) is 4.88 Å². The molecule has 2 heterocycles. The Bertz CT molecular complexity index is 687. The Labute approximate surface area is 147 Å². The van der Waals surface area contributed by atoms with E-state index in [-0.39, 0.29) is 11.9 Å². The quantitative estimate of drug-likeness (QED) is 0.856. The normalized spacial score (nSPS) is 21.6. The number of hydrogen-bond acceptors (Lipinski definition) is 5. The first-order chi connectivity index (χ1) is 11.6. The largest absolute Gasteiger partial charge is 0.338 e. The van der Waals surface area contributed by atoms with E-state index in [0.29, 0.717) is 10.8 Å². The highest BCUT2D eigenvalue weighted by Gasteiger charge is 2.32. The summed E-state index contributed by atoms with van der Waals surface area (Å²) in [6.07, 6.45) is 1.00. The monoisotopic (exact) mass is 344 g/mol. The third kappa shape index (κ3) is 3.65. The molecule has 0 aliphatic carbocycles. The minimum atomic E-state index is 0.0517. The Morgan fingerprint density at radius 2 is 2.12 bits per heavy atom. The predicted molar refractivity (Wildman–Crippen MR) is 96.0 cm³/mol. The highest BCUT2D eigenvalue weighted by Crippen LogP contribution is 2.25. The van der Waals surface area contributed by atoms with Crippen LogP contribution in [0.1, 0.15) is 34.3 Å². The Hall–Kier alpha value is -1.79. The number of nitrogens with zero attached hydrogens (tertiary/aromatic N) is 4. The van der Waals surface area contributed by atoms with Gasteiger partial charge in [-0.05, 0) is 36.4 Å². The van der Waals surface area contributed by atoms with E-state index in [0.717, 1.165) is 31.7 Å². The van der Waals surface area contributed by atoms with Crippen molar-refractivity contribution in [2.75, 3.05) is 20.1 Å². The molecule has 1 aliphatic rings. The smallest absolute Gasteiger partial charge is 0.267 e. The zero-order valence-corrected chi connectivity index (χ0v) is 15.3. The molecule has 0 spiro atoms. The highest BCUT2D eigenvalue weighted by molar-refractivity contribution is 7.07. The van der Waals surface area contributed by atoms with E-state index in [9.17, 15) is 4.79 Å². The Morgan fingerprint density at radius 3 is 2.75 bits per heavy atom.